The van der Waals surface area contributed by atoms with E-state index in [1.165, 1.54) is 24.3 Å². The monoisotopic (exact) mass is 359 g/mol. The molecule has 1 saturated heterocycles. The summed E-state index contributed by atoms with van der Waals surface area (Å²) in [6.45, 7) is 2.54. The summed E-state index contributed by atoms with van der Waals surface area (Å²) in [7, 11) is 0. The number of hydrogen-bond donors (Lipinski definition) is 0. The highest BCUT2D eigenvalue weighted by Crippen LogP contribution is 2.21. The van der Waals surface area contributed by atoms with Gasteiger partial charge in [0.2, 0.25) is 5.89 Å². The van der Waals surface area contributed by atoms with Gasteiger partial charge in [0.25, 0.3) is 0 Å². The largest absolute Gasteiger partial charge is 0.412 e. The lowest BCUT2D eigenvalue weighted by atomic mass is 10.2. The maximum absolute atomic E-state index is 13.0. The number of aromatic nitrogens is 3. The smallest absolute Gasteiger partial charge is 0.311 e. The normalized spacial score (nSPS) is 14.8. The Hall–Kier alpha value is -2.81. The molecule has 0 spiro atoms. The molecule has 1 aliphatic rings. The van der Waals surface area contributed by atoms with Crippen LogP contribution in [0.3, 0.4) is 0 Å². The van der Waals surface area contributed by atoms with Crippen LogP contribution in [0.4, 0.5) is 9.52 Å². The molecule has 128 valence electrons. The molecule has 9 heteroatoms. The third kappa shape index (κ3) is 3.22. The van der Waals surface area contributed by atoms with Gasteiger partial charge in [0.1, 0.15) is 5.82 Å². The minimum Gasteiger partial charge on any atom is -0.412 e. The van der Waals surface area contributed by atoms with E-state index in [-0.39, 0.29) is 23.5 Å². The molecule has 1 aromatic carbocycles. The summed E-state index contributed by atoms with van der Waals surface area (Å²) in [6.07, 6.45) is 1.77. The summed E-state index contributed by atoms with van der Waals surface area (Å²) in [5.74, 6) is -0.496. The van der Waals surface area contributed by atoms with Crippen molar-refractivity contribution in [3.63, 3.8) is 0 Å². The van der Waals surface area contributed by atoms with E-state index in [1.807, 2.05) is 5.38 Å². The summed E-state index contributed by atoms with van der Waals surface area (Å²) >= 11 is 1.58. The first-order valence-corrected chi connectivity index (χ1v) is 8.62. The first kappa shape index (κ1) is 15.7. The number of hydrogen-bond acceptors (Lipinski definition) is 7. The van der Waals surface area contributed by atoms with Crippen LogP contribution in [0, 0.1) is 5.82 Å². The minimum atomic E-state index is -0.349. The molecule has 3 aromatic rings. The Balaban J connectivity index is 1.43. The molecule has 0 atom stereocenters. The van der Waals surface area contributed by atoms with Crippen molar-refractivity contribution < 1.29 is 13.6 Å². The maximum Gasteiger partial charge on any atom is 0.311 e. The van der Waals surface area contributed by atoms with Crippen LogP contribution in [0.1, 0.15) is 10.7 Å². The third-order valence-electron chi connectivity index (χ3n) is 3.96. The summed E-state index contributed by atoms with van der Waals surface area (Å²) in [4.78, 5) is 20.6. The Labute approximate surface area is 146 Å². The van der Waals surface area contributed by atoms with Gasteiger partial charge < -0.3 is 14.2 Å². The van der Waals surface area contributed by atoms with Gasteiger partial charge in [0.15, 0.2) is 5.13 Å². The second-order valence-electron chi connectivity index (χ2n) is 5.51. The number of amides is 1. The number of carbonyl (C=O) groups is 1. The Kier molecular flexibility index (Phi) is 4.14. The lowest BCUT2D eigenvalue weighted by molar-refractivity contribution is 0.0707. The van der Waals surface area contributed by atoms with Crippen molar-refractivity contribution >= 4 is 22.4 Å². The Morgan fingerprint density at radius 3 is 2.56 bits per heavy atom. The molecular weight excluding hydrogens is 345 g/mol. The highest BCUT2D eigenvalue weighted by molar-refractivity contribution is 7.13. The lowest BCUT2D eigenvalue weighted by Crippen LogP contribution is -2.48. The molecule has 7 nitrogen and oxygen atoms in total. The molecule has 1 amide bonds. The zero-order valence-electron chi connectivity index (χ0n) is 13.1. The summed E-state index contributed by atoms with van der Waals surface area (Å²) in [6, 6.07) is 5.67. The first-order valence-electron chi connectivity index (χ1n) is 7.74. The van der Waals surface area contributed by atoms with Gasteiger partial charge in [-0.3, -0.25) is 4.79 Å². The van der Waals surface area contributed by atoms with E-state index in [9.17, 15) is 9.18 Å². The molecule has 2 aromatic heterocycles. The first-order chi connectivity index (χ1) is 12.2. The van der Waals surface area contributed by atoms with Crippen LogP contribution in [-0.4, -0.2) is 52.2 Å². The van der Waals surface area contributed by atoms with Crippen LogP contribution >= 0.6 is 11.3 Å². The quantitative estimate of drug-likeness (QED) is 0.714. The minimum absolute atomic E-state index is 0.0537. The molecule has 0 saturated carbocycles. The van der Waals surface area contributed by atoms with Gasteiger partial charge in [-0.25, -0.2) is 9.37 Å². The topological polar surface area (TPSA) is 75.4 Å². The predicted octanol–water partition coefficient (Wildman–Crippen LogP) is 2.29. The summed E-state index contributed by atoms with van der Waals surface area (Å²) in [5, 5.41) is 10.6. The van der Waals surface area contributed by atoms with E-state index in [4.69, 9.17) is 4.42 Å². The zero-order chi connectivity index (χ0) is 17.2. The van der Waals surface area contributed by atoms with Gasteiger partial charge in [-0.05, 0) is 24.3 Å². The van der Waals surface area contributed by atoms with Crippen molar-refractivity contribution in [2.45, 2.75) is 0 Å². The number of thiazole rings is 1. The molecule has 1 fully saturated rings. The molecule has 3 heterocycles. The fraction of sp³-hybridized carbons (Fsp3) is 0.250. The summed E-state index contributed by atoms with van der Waals surface area (Å²) < 4.78 is 18.4. The second-order valence-corrected chi connectivity index (χ2v) is 6.39. The van der Waals surface area contributed by atoms with Gasteiger partial charge in [0.05, 0.1) is 0 Å². The highest BCUT2D eigenvalue weighted by Gasteiger charge is 2.27. The van der Waals surface area contributed by atoms with E-state index < -0.39 is 0 Å². The highest BCUT2D eigenvalue weighted by atomic mass is 32.1. The van der Waals surface area contributed by atoms with Gasteiger partial charge in [-0.2, -0.15) is 0 Å². The Morgan fingerprint density at radius 2 is 1.88 bits per heavy atom. The Morgan fingerprint density at radius 1 is 1.12 bits per heavy atom. The van der Waals surface area contributed by atoms with Crippen molar-refractivity contribution in [3.8, 4) is 11.5 Å². The standard InChI is InChI=1S/C16H14FN5O2S/c17-12-3-1-11(2-4-12)13-19-20-14(24-13)15(23)21-6-8-22(9-7-21)16-18-5-10-25-16/h1-5,10H,6-9H2. The van der Waals surface area contributed by atoms with Crippen LogP contribution in [-0.2, 0) is 0 Å². The van der Waals surface area contributed by atoms with Crippen LogP contribution in [0.2, 0.25) is 0 Å². The van der Waals surface area contributed by atoms with E-state index in [0.717, 1.165) is 5.13 Å². The average Bonchev–Trinajstić information content (AvgIpc) is 3.34. The molecule has 1 aliphatic heterocycles. The van der Waals surface area contributed by atoms with Crippen molar-refractivity contribution in [1.82, 2.24) is 20.1 Å². The second kappa shape index (κ2) is 6.60. The van der Waals surface area contributed by atoms with E-state index in [0.29, 0.717) is 31.7 Å². The number of rotatable bonds is 3. The Bertz CT molecular complexity index is 857. The van der Waals surface area contributed by atoms with Gasteiger partial charge in [-0.1, -0.05) is 0 Å². The maximum atomic E-state index is 13.0. The lowest BCUT2D eigenvalue weighted by Gasteiger charge is -2.33. The van der Waals surface area contributed by atoms with E-state index >= 15 is 0 Å². The van der Waals surface area contributed by atoms with Crippen molar-refractivity contribution in [1.29, 1.82) is 0 Å². The van der Waals surface area contributed by atoms with Gasteiger partial charge in [-0.15, -0.1) is 21.5 Å². The van der Waals surface area contributed by atoms with Crippen molar-refractivity contribution in [2.24, 2.45) is 0 Å². The molecule has 4 rings (SSSR count). The number of carbonyl (C=O) groups excluding carboxylic acids is 1. The van der Waals surface area contributed by atoms with E-state index in [1.54, 1.807) is 22.4 Å². The van der Waals surface area contributed by atoms with Crippen molar-refractivity contribution in [3.05, 3.63) is 47.6 Å². The number of piperazine rings is 1. The van der Waals surface area contributed by atoms with Crippen LogP contribution in [0.15, 0.2) is 40.3 Å². The average molecular weight is 359 g/mol. The van der Waals surface area contributed by atoms with Crippen LogP contribution in [0.5, 0.6) is 0 Å². The summed E-state index contributed by atoms with van der Waals surface area (Å²) in [5.41, 5.74) is 0.571. The molecule has 0 bridgehead atoms. The number of anilines is 1. The van der Waals surface area contributed by atoms with E-state index in [2.05, 4.69) is 20.1 Å². The number of benzene rings is 1. The molecule has 0 N–H and O–H groups in total. The number of halogens is 1. The third-order valence-corrected chi connectivity index (χ3v) is 4.79. The van der Waals surface area contributed by atoms with Crippen molar-refractivity contribution in [2.75, 3.05) is 31.1 Å². The molecule has 0 radical (unpaired) electrons. The molecular formula is C16H14FN5O2S. The molecule has 0 aliphatic carbocycles. The number of nitrogens with zero attached hydrogens (tertiary/aromatic N) is 5. The SMILES string of the molecule is O=C(c1nnc(-c2ccc(F)cc2)o1)N1CCN(c2nccs2)CC1. The molecule has 25 heavy (non-hydrogen) atoms. The fourth-order valence-corrected chi connectivity index (χ4v) is 3.32. The van der Waals surface area contributed by atoms with Crippen LogP contribution < -0.4 is 4.90 Å². The molecule has 0 unspecified atom stereocenters. The van der Waals surface area contributed by atoms with Crippen LogP contribution in [0.25, 0.3) is 11.5 Å². The zero-order valence-corrected chi connectivity index (χ0v) is 13.9. The fourth-order valence-electron chi connectivity index (χ4n) is 2.63. The predicted molar refractivity (Wildman–Crippen MR) is 89.9 cm³/mol. The van der Waals surface area contributed by atoms with Gasteiger partial charge >= 0.3 is 11.8 Å². The van der Waals surface area contributed by atoms with Gasteiger partial charge in [0, 0.05) is 43.3 Å².